The van der Waals surface area contributed by atoms with Crippen LogP contribution in [0.3, 0.4) is 0 Å². The van der Waals surface area contributed by atoms with E-state index < -0.39 is 0 Å². The zero-order valence-electron chi connectivity index (χ0n) is 16.2. The number of nitrogens with zero attached hydrogens (tertiary/aromatic N) is 2. The molecule has 3 nitrogen and oxygen atoms in total. The zero-order valence-corrected chi connectivity index (χ0v) is 16.2. The lowest BCUT2D eigenvalue weighted by Gasteiger charge is -2.36. The van der Waals surface area contributed by atoms with Gasteiger partial charge in [-0.2, -0.15) is 0 Å². The SMILES string of the molecule is CC(C)(C)CC(=O)c1ccc(N2CCN(Cc3ccccc3)CC2)cc1. The molecule has 0 radical (unpaired) electrons. The van der Waals surface area contributed by atoms with Crippen molar-refractivity contribution in [2.75, 3.05) is 31.1 Å². The molecule has 138 valence electrons. The highest BCUT2D eigenvalue weighted by atomic mass is 16.1. The molecule has 0 N–H and O–H groups in total. The highest BCUT2D eigenvalue weighted by Crippen LogP contribution is 2.23. The third-order valence-corrected chi connectivity index (χ3v) is 4.87. The van der Waals surface area contributed by atoms with E-state index in [9.17, 15) is 4.79 Å². The Hall–Kier alpha value is -2.13. The van der Waals surface area contributed by atoms with Gasteiger partial charge in [0.15, 0.2) is 5.78 Å². The van der Waals surface area contributed by atoms with Gasteiger partial charge in [-0.15, -0.1) is 0 Å². The van der Waals surface area contributed by atoms with E-state index in [0.717, 1.165) is 38.3 Å². The molecule has 0 spiro atoms. The molecule has 1 heterocycles. The minimum atomic E-state index is 0.0326. The van der Waals surface area contributed by atoms with Crippen molar-refractivity contribution >= 4 is 11.5 Å². The number of rotatable bonds is 5. The maximum atomic E-state index is 12.3. The largest absolute Gasteiger partial charge is 0.369 e. The summed E-state index contributed by atoms with van der Waals surface area (Å²) < 4.78 is 0. The average Bonchev–Trinajstić information content (AvgIpc) is 2.62. The van der Waals surface area contributed by atoms with Crippen LogP contribution in [0.5, 0.6) is 0 Å². The average molecular weight is 351 g/mol. The summed E-state index contributed by atoms with van der Waals surface area (Å²) in [6.45, 7) is 11.5. The molecule has 0 atom stereocenters. The van der Waals surface area contributed by atoms with Crippen LogP contribution < -0.4 is 4.90 Å². The third-order valence-electron chi connectivity index (χ3n) is 4.87. The number of benzene rings is 2. The predicted octanol–water partition coefficient (Wildman–Crippen LogP) is 4.63. The number of hydrogen-bond donors (Lipinski definition) is 0. The topological polar surface area (TPSA) is 23.6 Å². The van der Waals surface area contributed by atoms with Crippen LogP contribution in [0.4, 0.5) is 5.69 Å². The second-order valence-corrected chi connectivity index (χ2v) is 8.46. The van der Waals surface area contributed by atoms with Gasteiger partial charge < -0.3 is 4.90 Å². The molecule has 0 bridgehead atoms. The number of Topliss-reactive ketones (excluding diaryl/α,β-unsaturated/α-hetero) is 1. The summed E-state index contributed by atoms with van der Waals surface area (Å²) in [4.78, 5) is 17.3. The number of piperazine rings is 1. The van der Waals surface area contributed by atoms with Crippen LogP contribution in [-0.2, 0) is 6.54 Å². The van der Waals surface area contributed by atoms with E-state index in [2.05, 4.69) is 73.0 Å². The van der Waals surface area contributed by atoms with Gasteiger partial charge in [-0.1, -0.05) is 51.1 Å². The van der Waals surface area contributed by atoms with Crippen LogP contribution in [0.15, 0.2) is 54.6 Å². The zero-order chi connectivity index (χ0) is 18.6. The first kappa shape index (κ1) is 18.7. The van der Waals surface area contributed by atoms with Crippen molar-refractivity contribution in [1.29, 1.82) is 0 Å². The lowest BCUT2D eigenvalue weighted by molar-refractivity contribution is 0.0940. The van der Waals surface area contributed by atoms with Gasteiger partial charge in [0.25, 0.3) is 0 Å². The molecule has 3 heteroatoms. The number of ketones is 1. The van der Waals surface area contributed by atoms with E-state index in [4.69, 9.17) is 0 Å². The van der Waals surface area contributed by atoms with Gasteiger partial charge in [-0.05, 0) is 35.2 Å². The fourth-order valence-corrected chi connectivity index (χ4v) is 3.45. The Bertz CT molecular complexity index is 708. The molecule has 0 saturated carbocycles. The van der Waals surface area contributed by atoms with Crippen molar-refractivity contribution in [3.8, 4) is 0 Å². The fourth-order valence-electron chi connectivity index (χ4n) is 3.45. The smallest absolute Gasteiger partial charge is 0.163 e. The molecule has 1 fully saturated rings. The van der Waals surface area contributed by atoms with Gasteiger partial charge in [0.2, 0.25) is 0 Å². The lowest BCUT2D eigenvalue weighted by atomic mass is 9.88. The molecular formula is C23H30N2O. The van der Waals surface area contributed by atoms with Crippen LogP contribution >= 0.6 is 0 Å². The van der Waals surface area contributed by atoms with Crippen molar-refractivity contribution in [2.45, 2.75) is 33.7 Å². The summed E-state index contributed by atoms with van der Waals surface area (Å²) in [5, 5.41) is 0. The molecule has 1 aliphatic heterocycles. The Kier molecular flexibility index (Phi) is 5.77. The minimum Gasteiger partial charge on any atom is -0.369 e. The summed E-state index contributed by atoms with van der Waals surface area (Å²) in [6.07, 6.45) is 0.588. The summed E-state index contributed by atoms with van der Waals surface area (Å²) >= 11 is 0. The van der Waals surface area contributed by atoms with E-state index in [-0.39, 0.29) is 11.2 Å². The first-order valence-corrected chi connectivity index (χ1v) is 9.55. The molecule has 1 aliphatic rings. The van der Waals surface area contributed by atoms with E-state index in [0.29, 0.717) is 6.42 Å². The molecule has 0 aromatic heterocycles. The van der Waals surface area contributed by atoms with E-state index in [1.165, 1.54) is 11.3 Å². The Morgan fingerprint density at radius 1 is 0.885 bits per heavy atom. The van der Waals surface area contributed by atoms with Gasteiger partial charge in [-0.25, -0.2) is 0 Å². The van der Waals surface area contributed by atoms with Crippen molar-refractivity contribution in [3.63, 3.8) is 0 Å². The van der Waals surface area contributed by atoms with E-state index in [1.807, 2.05) is 12.1 Å². The fraction of sp³-hybridized carbons (Fsp3) is 0.435. The molecule has 0 unspecified atom stereocenters. The van der Waals surface area contributed by atoms with Gasteiger partial charge in [-0.3, -0.25) is 9.69 Å². The Labute approximate surface area is 157 Å². The van der Waals surface area contributed by atoms with Crippen LogP contribution in [0.2, 0.25) is 0 Å². The first-order valence-electron chi connectivity index (χ1n) is 9.55. The normalized spacial score (nSPS) is 15.9. The van der Waals surface area contributed by atoms with Crippen molar-refractivity contribution in [3.05, 3.63) is 65.7 Å². The molecule has 3 rings (SSSR count). The standard InChI is InChI=1S/C23H30N2O/c1-23(2,3)17-22(26)20-9-11-21(12-10-20)25-15-13-24(14-16-25)18-19-7-5-4-6-8-19/h4-12H,13-18H2,1-3H3. The van der Waals surface area contributed by atoms with Gasteiger partial charge in [0.05, 0.1) is 0 Å². The predicted molar refractivity (Wildman–Crippen MR) is 109 cm³/mol. The molecule has 0 aliphatic carbocycles. The summed E-state index contributed by atoms with van der Waals surface area (Å²) in [6, 6.07) is 18.8. The highest BCUT2D eigenvalue weighted by Gasteiger charge is 2.19. The minimum absolute atomic E-state index is 0.0326. The lowest BCUT2D eigenvalue weighted by Crippen LogP contribution is -2.45. The van der Waals surface area contributed by atoms with Crippen LogP contribution in [0, 0.1) is 5.41 Å². The van der Waals surface area contributed by atoms with Gasteiger partial charge >= 0.3 is 0 Å². The maximum absolute atomic E-state index is 12.3. The maximum Gasteiger partial charge on any atom is 0.163 e. The van der Waals surface area contributed by atoms with Gasteiger partial charge in [0, 0.05) is 50.4 Å². The Morgan fingerprint density at radius 3 is 2.08 bits per heavy atom. The summed E-state index contributed by atoms with van der Waals surface area (Å²) in [5.74, 6) is 0.233. The number of hydrogen-bond acceptors (Lipinski definition) is 3. The second-order valence-electron chi connectivity index (χ2n) is 8.46. The van der Waals surface area contributed by atoms with E-state index in [1.54, 1.807) is 0 Å². The quantitative estimate of drug-likeness (QED) is 0.735. The monoisotopic (exact) mass is 350 g/mol. The van der Waals surface area contributed by atoms with Crippen LogP contribution in [-0.4, -0.2) is 36.9 Å². The molecule has 2 aromatic rings. The van der Waals surface area contributed by atoms with Gasteiger partial charge in [0.1, 0.15) is 0 Å². The third kappa shape index (κ3) is 5.18. The number of carbonyl (C=O) groups is 1. The van der Waals surface area contributed by atoms with Crippen molar-refractivity contribution < 1.29 is 4.79 Å². The summed E-state index contributed by atoms with van der Waals surface area (Å²) in [7, 11) is 0. The molecule has 2 aromatic carbocycles. The molecule has 1 saturated heterocycles. The Balaban J connectivity index is 1.54. The molecule has 26 heavy (non-hydrogen) atoms. The van der Waals surface area contributed by atoms with Crippen molar-refractivity contribution in [1.82, 2.24) is 4.90 Å². The Morgan fingerprint density at radius 2 is 1.50 bits per heavy atom. The van der Waals surface area contributed by atoms with Crippen LogP contribution in [0.25, 0.3) is 0 Å². The van der Waals surface area contributed by atoms with Crippen molar-refractivity contribution in [2.24, 2.45) is 5.41 Å². The molecular weight excluding hydrogens is 320 g/mol. The summed E-state index contributed by atoms with van der Waals surface area (Å²) in [5.41, 5.74) is 3.45. The van der Waals surface area contributed by atoms with Crippen LogP contribution in [0.1, 0.15) is 43.1 Å². The second kappa shape index (κ2) is 8.05. The highest BCUT2D eigenvalue weighted by molar-refractivity contribution is 5.96. The molecule has 0 amide bonds. The van der Waals surface area contributed by atoms with E-state index >= 15 is 0 Å². The number of carbonyl (C=O) groups excluding carboxylic acids is 1. The first-order chi connectivity index (χ1) is 12.4. The number of anilines is 1.